The van der Waals surface area contributed by atoms with E-state index >= 15 is 0 Å². The van der Waals surface area contributed by atoms with E-state index in [0.717, 1.165) is 55.2 Å². The van der Waals surface area contributed by atoms with Crippen LogP contribution in [0, 0.1) is 0 Å². The van der Waals surface area contributed by atoms with Gasteiger partial charge in [-0.25, -0.2) is 9.97 Å². The SMILES string of the molecule is CC.c1ccc(-c2ccc3c(-c4cccc5ccccc45)c4cc(-c5ccccc5)ccc4c(-c4nc(-c5ccccc5)cc(-c5ccccc5)n4)c3c2)cc1. The van der Waals surface area contributed by atoms with E-state index in [1.54, 1.807) is 0 Å². The van der Waals surface area contributed by atoms with Gasteiger partial charge in [-0.3, -0.25) is 0 Å². The van der Waals surface area contributed by atoms with Crippen LogP contribution in [0.4, 0.5) is 0 Å². The average molecular weight is 717 g/mol. The number of hydrogen-bond acceptors (Lipinski definition) is 2. The van der Waals surface area contributed by atoms with Crippen molar-refractivity contribution >= 4 is 32.3 Å². The Kier molecular flexibility index (Phi) is 9.45. The van der Waals surface area contributed by atoms with Crippen molar-refractivity contribution in [1.29, 1.82) is 0 Å². The molecule has 1 aromatic heterocycles. The van der Waals surface area contributed by atoms with Crippen molar-refractivity contribution in [2.75, 3.05) is 0 Å². The van der Waals surface area contributed by atoms with Crippen molar-refractivity contribution < 1.29 is 0 Å². The fourth-order valence-corrected chi connectivity index (χ4v) is 7.90. The van der Waals surface area contributed by atoms with Crippen LogP contribution in [-0.4, -0.2) is 9.97 Å². The monoisotopic (exact) mass is 716 g/mol. The van der Waals surface area contributed by atoms with Gasteiger partial charge < -0.3 is 0 Å². The van der Waals surface area contributed by atoms with Crippen LogP contribution in [0.1, 0.15) is 13.8 Å². The Balaban J connectivity index is 0.00000202. The van der Waals surface area contributed by atoms with Gasteiger partial charge in [-0.1, -0.05) is 202 Å². The number of benzene rings is 9. The first-order valence-electron chi connectivity index (χ1n) is 19.4. The lowest BCUT2D eigenvalue weighted by molar-refractivity contribution is 1.19. The summed E-state index contributed by atoms with van der Waals surface area (Å²) >= 11 is 0. The summed E-state index contributed by atoms with van der Waals surface area (Å²) in [6.07, 6.45) is 0. The predicted molar refractivity (Wildman–Crippen MR) is 239 cm³/mol. The quantitative estimate of drug-likeness (QED) is 0.160. The maximum Gasteiger partial charge on any atom is 0.161 e. The predicted octanol–water partition coefficient (Wildman–Crippen LogP) is 15.0. The lowest BCUT2D eigenvalue weighted by Crippen LogP contribution is -1.99. The van der Waals surface area contributed by atoms with Gasteiger partial charge in [0.25, 0.3) is 0 Å². The van der Waals surface area contributed by atoms with E-state index in [4.69, 9.17) is 9.97 Å². The molecule has 0 unspecified atom stereocenters. The molecule has 10 aromatic rings. The number of fused-ring (bicyclic) bond motifs is 3. The largest absolute Gasteiger partial charge is 0.228 e. The minimum absolute atomic E-state index is 0.701. The highest BCUT2D eigenvalue weighted by Crippen LogP contribution is 2.47. The molecule has 0 aliphatic rings. The molecule has 0 amide bonds. The van der Waals surface area contributed by atoms with Crippen molar-refractivity contribution in [2.45, 2.75) is 13.8 Å². The minimum atomic E-state index is 0.701. The summed E-state index contributed by atoms with van der Waals surface area (Å²) in [5.74, 6) is 0.701. The smallest absolute Gasteiger partial charge is 0.161 e. The molecule has 2 heteroatoms. The van der Waals surface area contributed by atoms with Gasteiger partial charge in [0.1, 0.15) is 0 Å². The van der Waals surface area contributed by atoms with Crippen LogP contribution in [0.5, 0.6) is 0 Å². The zero-order valence-corrected chi connectivity index (χ0v) is 31.5. The maximum absolute atomic E-state index is 5.42. The third kappa shape index (κ3) is 6.42. The molecule has 2 nitrogen and oxygen atoms in total. The van der Waals surface area contributed by atoms with Crippen molar-refractivity contribution in [3.63, 3.8) is 0 Å². The standard InChI is InChI=1S/C52H34N2.C2H6/c1-5-16-35(17-6-1)40-29-31-45-46(32-40)50(43-27-15-25-37-20-13-14-26-42(37)43)44-30-28-41(36-18-7-2-8-19-36)33-47(44)51(45)52-53-48(38-21-9-3-10-22-38)34-49(54-52)39-23-11-4-12-24-39;1-2/h1-34H;1-2H3. The lowest BCUT2D eigenvalue weighted by atomic mass is 9.84. The molecule has 0 radical (unpaired) electrons. The molecule has 0 saturated carbocycles. The van der Waals surface area contributed by atoms with E-state index in [2.05, 4.69) is 194 Å². The van der Waals surface area contributed by atoms with Gasteiger partial charge in [-0.05, 0) is 83.9 Å². The van der Waals surface area contributed by atoms with Crippen molar-refractivity contribution in [3.05, 3.63) is 206 Å². The van der Waals surface area contributed by atoms with Gasteiger partial charge in [0, 0.05) is 16.7 Å². The van der Waals surface area contributed by atoms with E-state index in [9.17, 15) is 0 Å². The number of aromatic nitrogens is 2. The molecule has 0 aliphatic carbocycles. The van der Waals surface area contributed by atoms with Gasteiger partial charge >= 0.3 is 0 Å². The third-order valence-electron chi connectivity index (χ3n) is 10.5. The normalized spacial score (nSPS) is 11.0. The molecule has 0 N–H and O–H groups in total. The second kappa shape index (κ2) is 15.3. The Morgan fingerprint density at radius 3 is 1.25 bits per heavy atom. The van der Waals surface area contributed by atoms with E-state index in [1.807, 2.05) is 26.0 Å². The van der Waals surface area contributed by atoms with Gasteiger partial charge in [0.15, 0.2) is 5.82 Å². The molecular formula is C54H40N2. The summed E-state index contributed by atoms with van der Waals surface area (Å²) in [6, 6.07) is 73.5. The maximum atomic E-state index is 5.42. The van der Waals surface area contributed by atoms with E-state index in [-0.39, 0.29) is 0 Å². The lowest BCUT2D eigenvalue weighted by Gasteiger charge is -2.20. The topological polar surface area (TPSA) is 25.8 Å². The molecule has 1 heterocycles. The number of rotatable bonds is 6. The highest BCUT2D eigenvalue weighted by atomic mass is 14.9. The van der Waals surface area contributed by atoms with E-state index < -0.39 is 0 Å². The van der Waals surface area contributed by atoms with Crippen LogP contribution >= 0.6 is 0 Å². The Hall–Kier alpha value is -7.16. The second-order valence-corrected chi connectivity index (χ2v) is 13.7. The Labute approximate surface area is 328 Å². The first-order valence-corrected chi connectivity index (χ1v) is 19.4. The summed E-state index contributed by atoms with van der Waals surface area (Å²) < 4.78 is 0. The van der Waals surface area contributed by atoms with Crippen LogP contribution < -0.4 is 0 Å². The molecule has 0 atom stereocenters. The zero-order chi connectivity index (χ0) is 37.8. The van der Waals surface area contributed by atoms with Crippen LogP contribution in [0.15, 0.2) is 206 Å². The first kappa shape index (κ1) is 34.6. The summed E-state index contributed by atoms with van der Waals surface area (Å²) in [6.45, 7) is 4.00. The highest BCUT2D eigenvalue weighted by Gasteiger charge is 2.22. The van der Waals surface area contributed by atoms with Gasteiger partial charge in [-0.2, -0.15) is 0 Å². The molecule has 0 fully saturated rings. The summed E-state index contributed by atoms with van der Waals surface area (Å²) in [4.78, 5) is 10.8. The van der Waals surface area contributed by atoms with Crippen LogP contribution in [0.3, 0.4) is 0 Å². The zero-order valence-electron chi connectivity index (χ0n) is 31.5. The van der Waals surface area contributed by atoms with Gasteiger partial charge in [0.05, 0.1) is 11.4 Å². The Morgan fingerprint density at radius 1 is 0.286 bits per heavy atom. The van der Waals surface area contributed by atoms with Crippen molar-refractivity contribution in [1.82, 2.24) is 9.97 Å². The van der Waals surface area contributed by atoms with Gasteiger partial charge in [-0.15, -0.1) is 0 Å². The molecule has 0 saturated heterocycles. The van der Waals surface area contributed by atoms with Crippen molar-refractivity contribution in [3.8, 4) is 67.3 Å². The first-order chi connectivity index (χ1) is 27.8. The minimum Gasteiger partial charge on any atom is -0.228 e. The number of nitrogens with zero attached hydrogens (tertiary/aromatic N) is 2. The molecule has 10 rings (SSSR count). The molecule has 0 spiro atoms. The Morgan fingerprint density at radius 2 is 0.714 bits per heavy atom. The summed E-state index contributed by atoms with van der Waals surface area (Å²) in [7, 11) is 0. The van der Waals surface area contributed by atoms with Gasteiger partial charge in [0.2, 0.25) is 0 Å². The average Bonchev–Trinajstić information content (AvgIpc) is 3.29. The fourth-order valence-electron chi connectivity index (χ4n) is 7.90. The molecule has 56 heavy (non-hydrogen) atoms. The second-order valence-electron chi connectivity index (χ2n) is 13.7. The Bertz CT molecular complexity index is 2890. The summed E-state index contributed by atoms with van der Waals surface area (Å²) in [5, 5.41) is 6.99. The van der Waals surface area contributed by atoms with E-state index in [1.165, 1.54) is 38.6 Å². The van der Waals surface area contributed by atoms with E-state index in [0.29, 0.717) is 5.82 Å². The molecular weight excluding hydrogens is 677 g/mol. The molecule has 9 aromatic carbocycles. The molecule has 0 bridgehead atoms. The van der Waals surface area contributed by atoms with Crippen LogP contribution in [-0.2, 0) is 0 Å². The molecule has 0 aliphatic heterocycles. The van der Waals surface area contributed by atoms with Crippen molar-refractivity contribution in [2.24, 2.45) is 0 Å². The fraction of sp³-hybridized carbons (Fsp3) is 0.0370. The van der Waals surface area contributed by atoms with Crippen LogP contribution in [0.2, 0.25) is 0 Å². The third-order valence-corrected chi connectivity index (χ3v) is 10.5. The molecule has 266 valence electrons. The summed E-state index contributed by atoms with van der Waals surface area (Å²) in [5.41, 5.74) is 12.0. The highest BCUT2D eigenvalue weighted by molar-refractivity contribution is 6.24. The number of hydrogen-bond donors (Lipinski definition) is 0. The van der Waals surface area contributed by atoms with Crippen LogP contribution in [0.25, 0.3) is 99.6 Å².